The van der Waals surface area contributed by atoms with Crippen LogP contribution in [0.25, 0.3) is 61.4 Å². The number of hydrogen-bond acceptors (Lipinski definition) is 0. The van der Waals surface area contributed by atoms with Crippen molar-refractivity contribution in [2.24, 2.45) is 0 Å². The summed E-state index contributed by atoms with van der Waals surface area (Å²) < 4.78 is 2.58. The molecule has 1 atom stereocenters. The lowest BCUT2D eigenvalue weighted by Crippen LogP contribution is -2.44. The van der Waals surface area contributed by atoms with Crippen molar-refractivity contribution in [3.05, 3.63) is 183 Å². The first kappa shape index (κ1) is 27.3. The molecular formula is C48H35N. The van der Waals surface area contributed by atoms with E-state index >= 15 is 0 Å². The van der Waals surface area contributed by atoms with Crippen LogP contribution >= 0.6 is 0 Å². The van der Waals surface area contributed by atoms with E-state index in [9.17, 15) is 0 Å². The van der Waals surface area contributed by atoms with Gasteiger partial charge in [-0.15, -0.1) is 0 Å². The zero-order valence-electron chi connectivity index (χ0n) is 27.8. The topological polar surface area (TPSA) is 4.93 Å². The molecular weight excluding hydrogens is 591 g/mol. The second-order valence-electron chi connectivity index (χ2n) is 14.7. The lowest BCUT2D eigenvalue weighted by atomic mass is 9.53. The normalized spacial score (nSPS) is 18.0. The van der Waals surface area contributed by atoms with Crippen molar-refractivity contribution in [2.45, 2.75) is 37.5 Å². The monoisotopic (exact) mass is 625 g/mol. The molecule has 8 aromatic rings. The van der Waals surface area contributed by atoms with Crippen LogP contribution in [-0.4, -0.2) is 4.57 Å². The fraction of sp³-hybridized carbons (Fsp3) is 0.125. The standard InChI is InChI=1S/C48H35N/c1-47(2)38-16-6-7-17-40(38)48(41-18-8-10-21-45(41)49-44-20-9-5-14-35(44)36-15-11-19-42(48)46(36)49)43-29-33(26-27-39(43)47)32-25-24-31-23-22-30-12-3-4-13-34(30)37(31)28-32/h3-4,6-8,10-29H,5,9H2,1-2H3. The molecule has 1 aromatic heterocycles. The van der Waals surface area contributed by atoms with E-state index in [2.05, 4.69) is 170 Å². The number of fused-ring (bicyclic) bond motifs is 14. The Balaban J connectivity index is 1.30. The van der Waals surface area contributed by atoms with E-state index in [0.29, 0.717) is 0 Å². The molecule has 2 aliphatic carbocycles. The fourth-order valence-corrected chi connectivity index (χ4v) is 9.91. The van der Waals surface area contributed by atoms with Gasteiger partial charge in [-0.1, -0.05) is 147 Å². The minimum Gasteiger partial charge on any atom is -0.309 e. The Morgan fingerprint density at radius 2 is 1.10 bits per heavy atom. The highest BCUT2D eigenvalue weighted by molar-refractivity contribution is 6.08. The molecule has 0 bridgehead atoms. The van der Waals surface area contributed by atoms with Crippen molar-refractivity contribution < 1.29 is 0 Å². The third kappa shape index (κ3) is 3.35. The minimum atomic E-state index is -0.478. The molecule has 0 N–H and O–H groups in total. The van der Waals surface area contributed by atoms with Crippen LogP contribution in [0.3, 0.4) is 0 Å². The van der Waals surface area contributed by atoms with E-state index < -0.39 is 5.41 Å². The highest BCUT2D eigenvalue weighted by Crippen LogP contribution is 2.59. The Bertz CT molecular complexity index is 2860. The first-order chi connectivity index (χ1) is 24.1. The predicted molar refractivity (Wildman–Crippen MR) is 205 cm³/mol. The highest BCUT2D eigenvalue weighted by atomic mass is 15.0. The summed E-state index contributed by atoms with van der Waals surface area (Å²) in [5, 5.41) is 9.25. The Kier molecular flexibility index (Phi) is 5.29. The highest BCUT2D eigenvalue weighted by Gasteiger charge is 2.52. The number of rotatable bonds is 1. The smallest absolute Gasteiger partial charge is 0.0748 e. The van der Waals surface area contributed by atoms with Crippen molar-refractivity contribution in [2.75, 3.05) is 0 Å². The average molecular weight is 626 g/mol. The van der Waals surface area contributed by atoms with Gasteiger partial charge in [0.25, 0.3) is 0 Å². The maximum absolute atomic E-state index is 2.58. The number of para-hydroxylation sites is 2. The second kappa shape index (κ2) is 9.49. The van der Waals surface area contributed by atoms with Gasteiger partial charge in [0.05, 0.1) is 16.6 Å². The van der Waals surface area contributed by atoms with Gasteiger partial charge in [-0.2, -0.15) is 0 Å². The Labute approximate surface area is 286 Å². The molecule has 11 rings (SSSR count). The lowest BCUT2D eigenvalue weighted by molar-refractivity contribution is 0.556. The van der Waals surface area contributed by atoms with Crippen LogP contribution in [0.5, 0.6) is 0 Å². The van der Waals surface area contributed by atoms with E-state index in [0.717, 1.165) is 12.8 Å². The van der Waals surface area contributed by atoms with Gasteiger partial charge in [0, 0.05) is 21.4 Å². The SMILES string of the molecule is CC1(C)c2ccccc2C2(c3ccccc3-n3c4c(c5cccc2c53)=CCCC=4)c2cc(-c3ccc4ccc5ccccc5c4c3)ccc21. The predicted octanol–water partition coefficient (Wildman–Crippen LogP) is 10.3. The van der Waals surface area contributed by atoms with Crippen LogP contribution in [0, 0.1) is 0 Å². The lowest BCUT2D eigenvalue weighted by Gasteiger charge is -2.50. The summed E-state index contributed by atoms with van der Waals surface area (Å²) in [6.45, 7) is 4.83. The first-order valence-corrected chi connectivity index (χ1v) is 17.7. The zero-order chi connectivity index (χ0) is 32.5. The summed E-state index contributed by atoms with van der Waals surface area (Å²) >= 11 is 0. The van der Waals surface area contributed by atoms with Crippen molar-refractivity contribution in [1.82, 2.24) is 4.57 Å². The van der Waals surface area contributed by atoms with Crippen LogP contribution in [0.2, 0.25) is 0 Å². The van der Waals surface area contributed by atoms with E-state index in [1.165, 1.54) is 93.2 Å². The number of hydrogen-bond donors (Lipinski definition) is 0. The molecule has 0 radical (unpaired) electrons. The third-order valence-corrected chi connectivity index (χ3v) is 12.1. The molecule has 0 saturated carbocycles. The van der Waals surface area contributed by atoms with E-state index in [1.807, 2.05) is 0 Å². The molecule has 0 fully saturated rings. The Morgan fingerprint density at radius 3 is 2.00 bits per heavy atom. The first-order valence-electron chi connectivity index (χ1n) is 17.7. The van der Waals surface area contributed by atoms with Crippen LogP contribution < -0.4 is 10.6 Å². The van der Waals surface area contributed by atoms with E-state index in [-0.39, 0.29) is 5.41 Å². The Morgan fingerprint density at radius 1 is 0.469 bits per heavy atom. The summed E-state index contributed by atoms with van der Waals surface area (Å²) in [4.78, 5) is 0. The number of benzene rings is 7. The van der Waals surface area contributed by atoms with Crippen molar-refractivity contribution in [3.8, 4) is 16.8 Å². The molecule has 1 aliphatic heterocycles. The van der Waals surface area contributed by atoms with Gasteiger partial charge in [0.1, 0.15) is 0 Å². The van der Waals surface area contributed by atoms with Crippen LogP contribution in [-0.2, 0) is 10.8 Å². The third-order valence-electron chi connectivity index (χ3n) is 12.1. The summed E-state index contributed by atoms with van der Waals surface area (Å²) in [6, 6.07) is 53.2. The largest absolute Gasteiger partial charge is 0.309 e. The van der Waals surface area contributed by atoms with Gasteiger partial charge in [-0.25, -0.2) is 0 Å². The maximum Gasteiger partial charge on any atom is 0.0748 e. The van der Waals surface area contributed by atoms with Crippen molar-refractivity contribution in [1.29, 1.82) is 0 Å². The summed E-state index contributed by atoms with van der Waals surface area (Å²) in [5.41, 5.74) is 12.8. The van der Waals surface area contributed by atoms with Gasteiger partial charge >= 0.3 is 0 Å². The summed E-state index contributed by atoms with van der Waals surface area (Å²) in [6.07, 6.45) is 7.09. The van der Waals surface area contributed by atoms with E-state index in [1.54, 1.807) is 0 Å². The zero-order valence-corrected chi connectivity index (χ0v) is 27.8. The minimum absolute atomic E-state index is 0.168. The molecule has 1 unspecified atom stereocenters. The van der Waals surface area contributed by atoms with Crippen LogP contribution in [0.15, 0.2) is 140 Å². The molecule has 3 aliphatic rings. The molecule has 1 heteroatoms. The van der Waals surface area contributed by atoms with Crippen LogP contribution in [0.4, 0.5) is 0 Å². The molecule has 1 spiro atoms. The molecule has 0 saturated heterocycles. The Hall–Kier alpha value is -5.66. The van der Waals surface area contributed by atoms with Crippen molar-refractivity contribution in [3.63, 3.8) is 0 Å². The second-order valence-corrected chi connectivity index (χ2v) is 14.7. The summed E-state index contributed by atoms with van der Waals surface area (Å²) in [5.74, 6) is 0. The fourth-order valence-electron chi connectivity index (χ4n) is 9.91. The van der Waals surface area contributed by atoms with Gasteiger partial charge in [0.15, 0.2) is 0 Å². The molecule has 49 heavy (non-hydrogen) atoms. The molecule has 232 valence electrons. The van der Waals surface area contributed by atoms with Crippen LogP contribution in [0.1, 0.15) is 60.1 Å². The molecule has 7 aromatic carbocycles. The molecule has 2 heterocycles. The maximum atomic E-state index is 2.58. The quantitative estimate of drug-likeness (QED) is 0.160. The van der Waals surface area contributed by atoms with Crippen molar-refractivity contribution >= 4 is 44.6 Å². The van der Waals surface area contributed by atoms with E-state index in [4.69, 9.17) is 0 Å². The van der Waals surface area contributed by atoms with Gasteiger partial charge < -0.3 is 4.57 Å². The average Bonchev–Trinajstić information content (AvgIpc) is 3.50. The number of nitrogens with zero attached hydrogens (tertiary/aromatic N) is 1. The molecule has 0 amide bonds. The van der Waals surface area contributed by atoms with Gasteiger partial charge in [-0.05, 0) is 97.1 Å². The van der Waals surface area contributed by atoms with Gasteiger partial charge in [-0.3, -0.25) is 0 Å². The van der Waals surface area contributed by atoms with Gasteiger partial charge in [0.2, 0.25) is 0 Å². The summed E-state index contributed by atoms with van der Waals surface area (Å²) in [7, 11) is 0. The molecule has 1 nitrogen and oxygen atoms in total. The number of aromatic nitrogens is 1.